The minimum atomic E-state index is -0.369. The molecular formula is C9H10N2O3. The number of nitrogens with zero attached hydrogens (tertiary/aromatic N) is 1. The van der Waals surface area contributed by atoms with Crippen LogP contribution < -0.4 is 5.56 Å². The lowest BCUT2D eigenvalue weighted by molar-refractivity contribution is -0.126. The number of aromatic nitrogens is 2. The number of H-pyrrole nitrogens is 1. The van der Waals surface area contributed by atoms with E-state index in [2.05, 4.69) is 9.97 Å². The van der Waals surface area contributed by atoms with Crippen LogP contribution in [0.25, 0.3) is 0 Å². The van der Waals surface area contributed by atoms with Crippen LogP contribution in [0.2, 0.25) is 0 Å². The maximum absolute atomic E-state index is 11.5. The molecule has 1 saturated heterocycles. The molecule has 1 N–H and O–H groups in total. The van der Waals surface area contributed by atoms with Crippen LogP contribution >= 0.6 is 0 Å². The van der Waals surface area contributed by atoms with Gasteiger partial charge in [0.15, 0.2) is 0 Å². The molecule has 1 unspecified atom stereocenters. The molecule has 1 aliphatic heterocycles. The lowest BCUT2D eigenvalue weighted by atomic mass is 9.97. The van der Waals surface area contributed by atoms with Crippen molar-refractivity contribution in [1.82, 2.24) is 9.97 Å². The average molecular weight is 194 g/mol. The van der Waals surface area contributed by atoms with E-state index in [1.165, 1.54) is 12.4 Å². The highest BCUT2D eigenvalue weighted by Crippen LogP contribution is 2.18. The van der Waals surface area contributed by atoms with Gasteiger partial charge in [0.25, 0.3) is 5.56 Å². The third-order valence-corrected chi connectivity index (χ3v) is 2.22. The Bertz CT molecular complexity index is 399. The maximum Gasteiger partial charge on any atom is 0.250 e. The van der Waals surface area contributed by atoms with E-state index < -0.39 is 0 Å². The van der Waals surface area contributed by atoms with E-state index in [1.807, 2.05) is 0 Å². The average Bonchev–Trinajstić information content (AvgIpc) is 2.18. The topological polar surface area (TPSA) is 72.1 Å². The number of aromatic amines is 1. The van der Waals surface area contributed by atoms with Gasteiger partial charge in [0.2, 0.25) is 0 Å². The zero-order valence-electron chi connectivity index (χ0n) is 7.53. The summed E-state index contributed by atoms with van der Waals surface area (Å²) in [4.78, 5) is 28.8. The molecule has 1 fully saturated rings. The summed E-state index contributed by atoms with van der Waals surface area (Å²) in [6.45, 7) is 0.799. The van der Waals surface area contributed by atoms with Gasteiger partial charge in [-0.1, -0.05) is 0 Å². The Hall–Kier alpha value is -1.49. The van der Waals surface area contributed by atoms with E-state index >= 15 is 0 Å². The monoisotopic (exact) mass is 194 g/mol. The number of ether oxygens (including phenoxy) is 1. The van der Waals surface area contributed by atoms with Crippen molar-refractivity contribution in [3.8, 4) is 0 Å². The summed E-state index contributed by atoms with van der Waals surface area (Å²) in [5, 5.41) is 0. The number of hydrogen-bond acceptors (Lipinski definition) is 4. The summed E-state index contributed by atoms with van der Waals surface area (Å²) in [7, 11) is 0. The number of hydrogen-bond donors (Lipinski definition) is 1. The Labute approximate surface area is 80.1 Å². The van der Waals surface area contributed by atoms with Crippen LogP contribution in [0.5, 0.6) is 0 Å². The summed E-state index contributed by atoms with van der Waals surface area (Å²) < 4.78 is 5.17. The molecule has 1 aromatic heterocycles. The summed E-state index contributed by atoms with van der Waals surface area (Å²) in [5.41, 5.74) is 0.256. The van der Waals surface area contributed by atoms with Crippen molar-refractivity contribution >= 4 is 5.78 Å². The summed E-state index contributed by atoms with van der Waals surface area (Å²) >= 11 is 0. The summed E-state index contributed by atoms with van der Waals surface area (Å²) in [6.07, 6.45) is 1.71. The molecule has 74 valence electrons. The van der Waals surface area contributed by atoms with E-state index in [0.717, 1.165) is 0 Å². The lowest BCUT2D eigenvalue weighted by Gasteiger charge is -2.19. The zero-order chi connectivity index (χ0) is 9.97. The Morgan fingerprint density at radius 1 is 1.50 bits per heavy atom. The van der Waals surface area contributed by atoms with Crippen molar-refractivity contribution in [2.24, 2.45) is 0 Å². The first-order valence-electron chi connectivity index (χ1n) is 4.42. The minimum absolute atomic E-state index is 0.0920. The maximum atomic E-state index is 11.5. The van der Waals surface area contributed by atoms with Gasteiger partial charge in [-0.2, -0.15) is 0 Å². The fourth-order valence-corrected chi connectivity index (χ4v) is 1.47. The van der Waals surface area contributed by atoms with Crippen LogP contribution in [0.4, 0.5) is 0 Å². The first-order chi connectivity index (χ1) is 6.77. The first kappa shape index (κ1) is 9.08. The third kappa shape index (κ3) is 1.72. The minimum Gasteiger partial charge on any atom is -0.380 e. The Morgan fingerprint density at radius 3 is 3.07 bits per heavy atom. The Balaban J connectivity index is 2.29. The normalized spacial score (nSPS) is 22.3. The molecule has 1 aliphatic rings. The molecule has 0 spiro atoms. The van der Waals surface area contributed by atoms with E-state index in [0.29, 0.717) is 25.3 Å². The van der Waals surface area contributed by atoms with Gasteiger partial charge >= 0.3 is 0 Å². The van der Waals surface area contributed by atoms with E-state index in [1.54, 1.807) is 0 Å². The molecule has 0 aromatic carbocycles. The molecule has 14 heavy (non-hydrogen) atoms. The standard InChI is InChI=1S/C9H10N2O3/c12-8-1-2-14-4-6(8)7-3-9(13)11-5-10-7/h3,5-6H,1-2,4H2,(H,10,11,13). The second kappa shape index (κ2) is 3.71. The zero-order valence-corrected chi connectivity index (χ0v) is 7.53. The molecule has 2 rings (SSSR count). The summed E-state index contributed by atoms with van der Waals surface area (Å²) in [5.74, 6) is -0.277. The largest absolute Gasteiger partial charge is 0.380 e. The fourth-order valence-electron chi connectivity index (χ4n) is 1.47. The number of carbonyl (C=O) groups excluding carboxylic acids is 1. The predicted molar refractivity (Wildman–Crippen MR) is 48.0 cm³/mol. The van der Waals surface area contributed by atoms with Crippen LogP contribution in [0, 0.1) is 0 Å². The highest BCUT2D eigenvalue weighted by molar-refractivity contribution is 5.86. The second-order valence-electron chi connectivity index (χ2n) is 3.18. The highest BCUT2D eigenvalue weighted by Gasteiger charge is 2.25. The van der Waals surface area contributed by atoms with Gasteiger partial charge in [-0.25, -0.2) is 4.98 Å². The van der Waals surface area contributed by atoms with Gasteiger partial charge < -0.3 is 9.72 Å². The van der Waals surface area contributed by atoms with Crippen molar-refractivity contribution in [3.63, 3.8) is 0 Å². The second-order valence-corrected chi connectivity index (χ2v) is 3.18. The molecule has 0 amide bonds. The molecule has 2 heterocycles. The van der Waals surface area contributed by atoms with Gasteiger partial charge in [-0.15, -0.1) is 0 Å². The third-order valence-electron chi connectivity index (χ3n) is 2.22. The van der Waals surface area contributed by atoms with Gasteiger partial charge in [0.1, 0.15) is 5.78 Å². The quantitative estimate of drug-likeness (QED) is 0.674. The fraction of sp³-hybridized carbons (Fsp3) is 0.444. The number of carbonyl (C=O) groups is 1. The number of ketones is 1. The molecular weight excluding hydrogens is 184 g/mol. The van der Waals surface area contributed by atoms with E-state index in [4.69, 9.17) is 4.74 Å². The first-order valence-corrected chi connectivity index (χ1v) is 4.42. The van der Waals surface area contributed by atoms with E-state index in [-0.39, 0.29) is 17.3 Å². The van der Waals surface area contributed by atoms with Gasteiger partial charge in [0.05, 0.1) is 31.2 Å². The number of Topliss-reactive ketones (excluding diaryl/α,β-unsaturated/α-hetero) is 1. The van der Waals surface area contributed by atoms with Gasteiger partial charge in [-0.3, -0.25) is 9.59 Å². The Kier molecular flexibility index (Phi) is 2.41. The smallest absolute Gasteiger partial charge is 0.250 e. The number of nitrogens with one attached hydrogen (secondary N) is 1. The van der Waals surface area contributed by atoms with Crippen molar-refractivity contribution in [3.05, 3.63) is 28.4 Å². The molecule has 0 saturated carbocycles. The van der Waals surface area contributed by atoms with Gasteiger partial charge in [0, 0.05) is 12.5 Å². The molecule has 0 radical (unpaired) electrons. The molecule has 5 heteroatoms. The van der Waals surface area contributed by atoms with Crippen LogP contribution in [0.15, 0.2) is 17.2 Å². The molecule has 5 nitrogen and oxygen atoms in total. The predicted octanol–water partition coefficient (Wildman–Crippen LogP) is -0.157. The van der Waals surface area contributed by atoms with Crippen LogP contribution in [0.3, 0.4) is 0 Å². The van der Waals surface area contributed by atoms with Gasteiger partial charge in [-0.05, 0) is 0 Å². The van der Waals surface area contributed by atoms with E-state index in [9.17, 15) is 9.59 Å². The molecule has 0 aliphatic carbocycles. The molecule has 1 atom stereocenters. The molecule has 1 aromatic rings. The lowest BCUT2D eigenvalue weighted by Crippen LogP contribution is -2.27. The Morgan fingerprint density at radius 2 is 2.36 bits per heavy atom. The summed E-state index contributed by atoms with van der Waals surface area (Å²) in [6, 6.07) is 1.34. The SMILES string of the molecule is O=C1CCOCC1c1cc(=O)[nH]cn1. The van der Waals surface area contributed by atoms with Crippen molar-refractivity contribution in [2.45, 2.75) is 12.3 Å². The van der Waals surface area contributed by atoms with Crippen LogP contribution in [0.1, 0.15) is 18.0 Å². The highest BCUT2D eigenvalue weighted by atomic mass is 16.5. The van der Waals surface area contributed by atoms with Crippen molar-refractivity contribution in [1.29, 1.82) is 0 Å². The van der Waals surface area contributed by atoms with Crippen LogP contribution in [-0.4, -0.2) is 29.0 Å². The number of rotatable bonds is 1. The van der Waals surface area contributed by atoms with Crippen LogP contribution in [-0.2, 0) is 9.53 Å². The van der Waals surface area contributed by atoms with Crippen molar-refractivity contribution in [2.75, 3.05) is 13.2 Å². The molecule has 0 bridgehead atoms. The van der Waals surface area contributed by atoms with Crippen molar-refractivity contribution < 1.29 is 9.53 Å².